The van der Waals surface area contributed by atoms with E-state index in [0.29, 0.717) is 43.4 Å². The molecular formula is C26H26N6O2. The van der Waals surface area contributed by atoms with E-state index in [1.165, 1.54) is 5.56 Å². The highest BCUT2D eigenvalue weighted by Crippen LogP contribution is 2.28. The molecule has 0 atom stereocenters. The number of nitrogens with zero attached hydrogens (tertiary/aromatic N) is 6. The molecule has 1 fully saturated rings. The summed E-state index contributed by atoms with van der Waals surface area (Å²) in [6, 6.07) is 17.5. The molecular weight excluding hydrogens is 428 g/mol. The summed E-state index contributed by atoms with van der Waals surface area (Å²) in [6.45, 7) is 4.57. The predicted octanol–water partition coefficient (Wildman–Crippen LogP) is 3.61. The maximum absolute atomic E-state index is 13.7. The highest BCUT2D eigenvalue weighted by atomic mass is 16.5. The van der Waals surface area contributed by atoms with E-state index < -0.39 is 0 Å². The number of methoxy groups -OCH3 is 1. The van der Waals surface area contributed by atoms with E-state index in [9.17, 15) is 4.79 Å². The van der Waals surface area contributed by atoms with Crippen LogP contribution in [0.1, 0.15) is 15.9 Å². The maximum atomic E-state index is 13.7. The molecule has 2 aromatic carbocycles. The fourth-order valence-corrected chi connectivity index (χ4v) is 4.08. The van der Waals surface area contributed by atoms with E-state index in [-0.39, 0.29) is 5.91 Å². The van der Waals surface area contributed by atoms with Crippen molar-refractivity contribution in [2.45, 2.75) is 6.92 Å². The van der Waals surface area contributed by atoms with Crippen LogP contribution in [0.5, 0.6) is 5.75 Å². The molecule has 0 radical (unpaired) electrons. The quantitative estimate of drug-likeness (QED) is 0.459. The number of hydrogen-bond acceptors (Lipinski definition) is 6. The summed E-state index contributed by atoms with van der Waals surface area (Å²) in [4.78, 5) is 26.3. The van der Waals surface area contributed by atoms with E-state index in [0.717, 1.165) is 17.0 Å². The second-order valence-electron chi connectivity index (χ2n) is 8.23. The smallest absolute Gasteiger partial charge is 0.257 e. The third kappa shape index (κ3) is 4.34. The maximum Gasteiger partial charge on any atom is 0.257 e. The van der Waals surface area contributed by atoms with Crippen LogP contribution in [-0.2, 0) is 0 Å². The van der Waals surface area contributed by atoms with Gasteiger partial charge in [0, 0.05) is 50.3 Å². The Balaban J connectivity index is 1.45. The van der Waals surface area contributed by atoms with Gasteiger partial charge in [-0.2, -0.15) is 5.10 Å². The van der Waals surface area contributed by atoms with E-state index in [2.05, 4.69) is 14.9 Å². The van der Waals surface area contributed by atoms with Crippen LogP contribution in [0.4, 0.5) is 5.95 Å². The van der Waals surface area contributed by atoms with Crippen molar-refractivity contribution in [1.82, 2.24) is 24.6 Å². The Hall–Kier alpha value is -4.20. The van der Waals surface area contributed by atoms with E-state index in [1.54, 1.807) is 30.3 Å². The number of ether oxygens (including phenoxy) is 1. The van der Waals surface area contributed by atoms with Gasteiger partial charge in [-0.1, -0.05) is 29.8 Å². The topological polar surface area (TPSA) is 76.4 Å². The van der Waals surface area contributed by atoms with Crippen LogP contribution < -0.4 is 9.64 Å². The summed E-state index contributed by atoms with van der Waals surface area (Å²) < 4.78 is 7.18. The van der Waals surface area contributed by atoms with Gasteiger partial charge < -0.3 is 14.5 Å². The third-order valence-electron chi connectivity index (χ3n) is 5.99. The van der Waals surface area contributed by atoms with Gasteiger partial charge in [0.1, 0.15) is 11.4 Å². The van der Waals surface area contributed by atoms with Gasteiger partial charge in [0.2, 0.25) is 5.95 Å². The minimum Gasteiger partial charge on any atom is -0.497 e. The molecule has 1 aliphatic rings. The second-order valence-corrected chi connectivity index (χ2v) is 8.23. The number of hydrogen-bond donors (Lipinski definition) is 0. The van der Waals surface area contributed by atoms with Crippen LogP contribution in [0, 0.1) is 6.92 Å². The first-order chi connectivity index (χ1) is 16.6. The van der Waals surface area contributed by atoms with Crippen molar-refractivity contribution in [2.24, 2.45) is 0 Å². The molecule has 0 N–H and O–H groups in total. The van der Waals surface area contributed by atoms with Gasteiger partial charge in [0.15, 0.2) is 0 Å². The fourth-order valence-electron chi connectivity index (χ4n) is 4.08. The molecule has 1 amide bonds. The van der Waals surface area contributed by atoms with Crippen LogP contribution in [0.25, 0.3) is 16.9 Å². The van der Waals surface area contributed by atoms with Gasteiger partial charge >= 0.3 is 0 Å². The van der Waals surface area contributed by atoms with Crippen molar-refractivity contribution in [3.8, 4) is 22.7 Å². The van der Waals surface area contributed by atoms with Crippen molar-refractivity contribution < 1.29 is 9.53 Å². The molecule has 0 unspecified atom stereocenters. The molecule has 0 aliphatic carbocycles. The number of aryl methyl sites for hydroxylation is 1. The van der Waals surface area contributed by atoms with Crippen LogP contribution in [0.3, 0.4) is 0 Å². The molecule has 1 saturated heterocycles. The first-order valence-electron chi connectivity index (χ1n) is 11.2. The largest absolute Gasteiger partial charge is 0.497 e. The minimum absolute atomic E-state index is 0.0372. The summed E-state index contributed by atoms with van der Waals surface area (Å²) in [5.41, 5.74) is 4.11. The lowest BCUT2D eigenvalue weighted by Gasteiger charge is -2.34. The average Bonchev–Trinajstić information content (AvgIpc) is 3.35. The van der Waals surface area contributed by atoms with Gasteiger partial charge in [-0.15, -0.1) is 0 Å². The van der Waals surface area contributed by atoms with Crippen molar-refractivity contribution in [1.29, 1.82) is 0 Å². The van der Waals surface area contributed by atoms with Crippen LogP contribution in [0.15, 0.2) is 73.2 Å². The summed E-state index contributed by atoms with van der Waals surface area (Å²) in [5, 5.41) is 4.82. The van der Waals surface area contributed by atoms with Gasteiger partial charge in [0.05, 0.1) is 18.4 Å². The van der Waals surface area contributed by atoms with Crippen LogP contribution in [0.2, 0.25) is 0 Å². The zero-order valence-corrected chi connectivity index (χ0v) is 19.3. The summed E-state index contributed by atoms with van der Waals surface area (Å²) in [7, 11) is 1.63. The monoisotopic (exact) mass is 454 g/mol. The number of carbonyl (C=O) groups is 1. The minimum atomic E-state index is -0.0372. The third-order valence-corrected chi connectivity index (χ3v) is 5.99. The summed E-state index contributed by atoms with van der Waals surface area (Å²) in [6.07, 6.45) is 5.30. The van der Waals surface area contributed by atoms with Gasteiger partial charge in [0.25, 0.3) is 5.91 Å². The highest BCUT2D eigenvalue weighted by molar-refractivity contribution is 6.00. The number of amides is 1. The zero-order valence-electron chi connectivity index (χ0n) is 19.3. The normalized spacial score (nSPS) is 13.7. The molecule has 2 aromatic heterocycles. The molecule has 0 spiro atoms. The molecule has 3 heterocycles. The number of piperazine rings is 1. The Bertz CT molecular complexity index is 1280. The molecule has 172 valence electrons. The number of anilines is 1. The fraction of sp³-hybridized carbons (Fsp3) is 0.231. The first-order valence-corrected chi connectivity index (χ1v) is 11.2. The zero-order chi connectivity index (χ0) is 23.5. The second kappa shape index (κ2) is 9.35. The van der Waals surface area contributed by atoms with Gasteiger partial charge in [-0.25, -0.2) is 14.6 Å². The number of carbonyl (C=O) groups excluding carboxylic acids is 1. The Morgan fingerprint density at radius 1 is 0.941 bits per heavy atom. The lowest BCUT2D eigenvalue weighted by atomic mass is 10.1. The molecule has 1 aliphatic heterocycles. The molecule has 4 aromatic rings. The van der Waals surface area contributed by atoms with Gasteiger partial charge in [-0.05, 0) is 37.3 Å². The predicted molar refractivity (Wildman–Crippen MR) is 130 cm³/mol. The SMILES string of the molecule is COc1cccc(-c2nn(-c3ccc(C)cc3)cc2C(=O)N2CCN(c3ncccn3)CC2)c1. The van der Waals surface area contributed by atoms with E-state index in [1.807, 2.05) is 66.6 Å². The van der Waals surface area contributed by atoms with E-state index >= 15 is 0 Å². The molecule has 8 heteroatoms. The van der Waals surface area contributed by atoms with Crippen LogP contribution in [-0.4, -0.2) is 63.8 Å². The highest BCUT2D eigenvalue weighted by Gasteiger charge is 2.27. The molecule has 5 rings (SSSR count). The summed E-state index contributed by atoms with van der Waals surface area (Å²) >= 11 is 0. The molecule has 0 saturated carbocycles. The van der Waals surface area contributed by atoms with E-state index in [4.69, 9.17) is 9.84 Å². The number of benzene rings is 2. The molecule has 34 heavy (non-hydrogen) atoms. The Morgan fingerprint density at radius 3 is 2.38 bits per heavy atom. The Morgan fingerprint density at radius 2 is 1.68 bits per heavy atom. The summed E-state index contributed by atoms with van der Waals surface area (Å²) in [5.74, 6) is 1.38. The Labute approximate surface area is 198 Å². The first kappa shape index (κ1) is 21.6. The van der Waals surface area contributed by atoms with Gasteiger partial charge in [-0.3, -0.25) is 4.79 Å². The van der Waals surface area contributed by atoms with Crippen molar-refractivity contribution >= 4 is 11.9 Å². The molecule has 0 bridgehead atoms. The lowest BCUT2D eigenvalue weighted by Crippen LogP contribution is -2.49. The lowest BCUT2D eigenvalue weighted by molar-refractivity contribution is 0.0747. The average molecular weight is 455 g/mol. The van der Waals surface area contributed by atoms with Crippen molar-refractivity contribution in [3.05, 3.63) is 84.3 Å². The number of rotatable bonds is 5. The molecule has 8 nitrogen and oxygen atoms in total. The van der Waals surface area contributed by atoms with Crippen molar-refractivity contribution in [3.63, 3.8) is 0 Å². The standard InChI is InChI=1S/C26H26N6O2/c1-19-7-9-21(10-8-19)32-18-23(24(29-32)20-5-3-6-22(17-20)34-2)25(33)30-13-15-31(16-14-30)26-27-11-4-12-28-26/h3-12,17-18H,13-16H2,1-2H3. The number of aromatic nitrogens is 4. The Kier molecular flexibility index (Phi) is 5.95. The van der Waals surface area contributed by atoms with Crippen molar-refractivity contribution in [2.75, 3.05) is 38.2 Å². The van der Waals surface area contributed by atoms with Crippen LogP contribution >= 0.6 is 0 Å².